The molecule has 30 heavy (non-hydrogen) atoms. The molecule has 0 aromatic heterocycles. The van der Waals surface area contributed by atoms with Gasteiger partial charge in [0.1, 0.15) is 11.9 Å². The molecule has 0 unspecified atom stereocenters. The molecule has 1 fully saturated rings. The number of amides is 3. The average molecular weight is 454 g/mol. The number of rotatable bonds is 7. The average Bonchev–Trinajstić information content (AvgIpc) is 3.16. The largest absolute Gasteiger partial charge is 0.454 e. The van der Waals surface area contributed by atoms with Crippen molar-refractivity contribution in [1.82, 2.24) is 14.9 Å². The number of esters is 1. The number of aliphatic imine (C=N–C) groups is 1. The van der Waals surface area contributed by atoms with Gasteiger partial charge in [-0.1, -0.05) is 23.9 Å². The summed E-state index contributed by atoms with van der Waals surface area (Å²) in [4.78, 5) is 51.9. The predicted molar refractivity (Wildman–Crippen MR) is 106 cm³/mol. The van der Waals surface area contributed by atoms with Crippen LogP contribution in [0.1, 0.15) is 12.5 Å². The molecule has 3 amide bonds. The minimum atomic E-state index is -3.73. The molecule has 1 aromatic rings. The minimum Gasteiger partial charge on any atom is -0.454 e. The van der Waals surface area contributed by atoms with Gasteiger partial charge in [-0.05, 0) is 19.1 Å². The SMILES string of the molecule is C[C@H](N=C1NS(=O)(=O)c2ccccc21)C(=O)OCC(=O)NCCN1C(=O)CSC1=O. The molecule has 2 aliphatic heterocycles. The summed E-state index contributed by atoms with van der Waals surface area (Å²) in [6, 6.07) is 5.15. The van der Waals surface area contributed by atoms with Gasteiger partial charge in [-0.25, -0.2) is 13.2 Å². The van der Waals surface area contributed by atoms with Gasteiger partial charge in [0.15, 0.2) is 6.61 Å². The van der Waals surface area contributed by atoms with E-state index in [1.165, 1.54) is 13.0 Å². The molecule has 1 aromatic carbocycles. The molecule has 0 radical (unpaired) electrons. The summed E-state index contributed by atoms with van der Waals surface area (Å²) in [5.74, 6) is -1.63. The lowest BCUT2D eigenvalue weighted by molar-refractivity contribution is -0.149. The third-order valence-electron chi connectivity index (χ3n) is 4.17. The van der Waals surface area contributed by atoms with Crippen molar-refractivity contribution in [1.29, 1.82) is 0 Å². The summed E-state index contributed by atoms with van der Waals surface area (Å²) >= 11 is 0.898. The number of nitrogens with one attached hydrogen (secondary N) is 2. The van der Waals surface area contributed by atoms with Gasteiger partial charge in [-0.2, -0.15) is 0 Å². The van der Waals surface area contributed by atoms with E-state index in [2.05, 4.69) is 15.0 Å². The quantitative estimate of drug-likeness (QED) is 0.522. The fourth-order valence-electron chi connectivity index (χ4n) is 2.69. The highest BCUT2D eigenvalue weighted by Crippen LogP contribution is 2.22. The Hall–Kier alpha value is -2.93. The molecule has 2 heterocycles. The van der Waals surface area contributed by atoms with E-state index in [1.54, 1.807) is 18.2 Å². The molecular weight excluding hydrogens is 436 g/mol. The molecule has 11 nitrogen and oxygen atoms in total. The van der Waals surface area contributed by atoms with E-state index < -0.39 is 34.5 Å². The zero-order valence-corrected chi connectivity index (χ0v) is 17.4. The first-order chi connectivity index (χ1) is 14.2. The van der Waals surface area contributed by atoms with Crippen molar-refractivity contribution in [2.24, 2.45) is 4.99 Å². The van der Waals surface area contributed by atoms with Crippen molar-refractivity contribution in [3.8, 4) is 0 Å². The van der Waals surface area contributed by atoms with Gasteiger partial charge < -0.3 is 10.1 Å². The van der Waals surface area contributed by atoms with E-state index in [-0.39, 0.29) is 40.7 Å². The Labute approximate surface area is 176 Å². The lowest BCUT2D eigenvalue weighted by Gasteiger charge is -2.13. The van der Waals surface area contributed by atoms with E-state index in [0.29, 0.717) is 5.56 Å². The number of imide groups is 1. The Bertz CT molecular complexity index is 1020. The number of carbonyl (C=O) groups is 4. The molecule has 2 N–H and O–H groups in total. The van der Waals surface area contributed by atoms with E-state index in [9.17, 15) is 27.6 Å². The topological polar surface area (TPSA) is 151 Å². The van der Waals surface area contributed by atoms with Crippen LogP contribution in [0.3, 0.4) is 0 Å². The van der Waals surface area contributed by atoms with Crippen LogP contribution >= 0.6 is 11.8 Å². The van der Waals surface area contributed by atoms with Crippen molar-refractivity contribution in [2.45, 2.75) is 17.9 Å². The van der Waals surface area contributed by atoms with E-state index in [0.717, 1.165) is 16.7 Å². The highest BCUT2D eigenvalue weighted by atomic mass is 32.2. The number of hydrogen-bond donors (Lipinski definition) is 2. The Morgan fingerprint density at radius 2 is 2.07 bits per heavy atom. The Balaban J connectivity index is 1.48. The Morgan fingerprint density at radius 1 is 1.33 bits per heavy atom. The normalized spacial score (nSPS) is 19.4. The lowest BCUT2D eigenvalue weighted by atomic mass is 10.2. The van der Waals surface area contributed by atoms with Gasteiger partial charge in [-0.15, -0.1) is 0 Å². The maximum absolute atomic E-state index is 12.1. The molecule has 1 saturated heterocycles. The zero-order chi connectivity index (χ0) is 21.9. The summed E-state index contributed by atoms with van der Waals surface area (Å²) in [5.41, 5.74) is 0.346. The maximum Gasteiger partial charge on any atom is 0.331 e. The molecule has 3 rings (SSSR count). The van der Waals surface area contributed by atoms with Crippen molar-refractivity contribution >= 4 is 50.6 Å². The van der Waals surface area contributed by atoms with Gasteiger partial charge in [-0.3, -0.25) is 29.0 Å². The van der Waals surface area contributed by atoms with Gasteiger partial charge >= 0.3 is 5.97 Å². The second-order valence-electron chi connectivity index (χ2n) is 6.31. The third-order valence-corrected chi connectivity index (χ3v) is 6.43. The van der Waals surface area contributed by atoms with E-state index in [1.807, 2.05) is 0 Å². The summed E-state index contributed by atoms with van der Waals surface area (Å²) in [6.07, 6.45) is 0. The van der Waals surface area contributed by atoms with Crippen LogP contribution in [0.2, 0.25) is 0 Å². The number of nitrogens with zero attached hydrogens (tertiary/aromatic N) is 2. The summed E-state index contributed by atoms with van der Waals surface area (Å²) < 4.78 is 31.3. The molecule has 0 saturated carbocycles. The minimum absolute atomic E-state index is 0.0253. The smallest absolute Gasteiger partial charge is 0.331 e. The first-order valence-electron chi connectivity index (χ1n) is 8.79. The van der Waals surface area contributed by atoms with Crippen LogP contribution in [0.5, 0.6) is 0 Å². The van der Waals surface area contributed by atoms with Crippen LogP contribution in [0.25, 0.3) is 0 Å². The van der Waals surface area contributed by atoms with Gasteiger partial charge in [0, 0.05) is 18.7 Å². The van der Waals surface area contributed by atoms with Crippen LogP contribution < -0.4 is 10.0 Å². The second kappa shape index (κ2) is 8.83. The monoisotopic (exact) mass is 454 g/mol. The van der Waals surface area contributed by atoms with Crippen LogP contribution in [0, 0.1) is 0 Å². The summed E-state index contributed by atoms with van der Waals surface area (Å²) in [7, 11) is -3.73. The van der Waals surface area contributed by atoms with Crippen LogP contribution in [0.15, 0.2) is 34.2 Å². The first kappa shape index (κ1) is 21.8. The predicted octanol–water partition coefficient (Wildman–Crippen LogP) is -0.532. The highest BCUT2D eigenvalue weighted by Gasteiger charge is 2.31. The van der Waals surface area contributed by atoms with E-state index >= 15 is 0 Å². The molecule has 0 spiro atoms. The number of fused-ring (bicyclic) bond motifs is 1. The molecule has 0 bridgehead atoms. The fraction of sp³-hybridized carbons (Fsp3) is 0.353. The number of carbonyl (C=O) groups excluding carboxylic acids is 4. The number of benzene rings is 1. The molecule has 1 atom stereocenters. The van der Waals surface area contributed by atoms with Crippen LogP contribution in [-0.2, 0) is 29.1 Å². The number of thioether (sulfide) groups is 1. The zero-order valence-electron chi connectivity index (χ0n) is 15.8. The van der Waals surface area contributed by atoms with Crippen molar-refractivity contribution < 1.29 is 32.3 Å². The van der Waals surface area contributed by atoms with Crippen LogP contribution in [0.4, 0.5) is 4.79 Å². The number of hydrogen-bond acceptors (Lipinski definition) is 9. The second-order valence-corrected chi connectivity index (χ2v) is 8.89. The van der Waals surface area contributed by atoms with Gasteiger partial charge in [0.05, 0.1) is 10.6 Å². The molecule has 0 aliphatic carbocycles. The maximum atomic E-state index is 12.1. The van der Waals surface area contributed by atoms with Crippen molar-refractivity contribution in [3.63, 3.8) is 0 Å². The molecule has 13 heteroatoms. The van der Waals surface area contributed by atoms with E-state index in [4.69, 9.17) is 4.74 Å². The van der Waals surface area contributed by atoms with Crippen LogP contribution in [-0.4, -0.2) is 73.7 Å². The Kier molecular flexibility index (Phi) is 6.41. The first-order valence-corrected chi connectivity index (χ1v) is 11.3. The number of amidine groups is 1. The molecule has 160 valence electrons. The molecule has 2 aliphatic rings. The summed E-state index contributed by atoms with van der Waals surface area (Å²) in [5, 5.41) is 2.08. The lowest BCUT2D eigenvalue weighted by Crippen LogP contribution is -2.39. The van der Waals surface area contributed by atoms with Crippen molar-refractivity contribution in [2.75, 3.05) is 25.4 Å². The van der Waals surface area contributed by atoms with Gasteiger partial charge in [0.2, 0.25) is 5.91 Å². The fourth-order valence-corrected chi connectivity index (χ4v) is 4.68. The van der Waals surface area contributed by atoms with Crippen molar-refractivity contribution in [3.05, 3.63) is 29.8 Å². The third kappa shape index (κ3) is 4.79. The summed E-state index contributed by atoms with van der Waals surface area (Å²) in [6.45, 7) is 0.899. The standard InChI is InChI=1S/C17H18N4O7S2/c1-10(19-15-11-4-2-3-5-12(11)30(26,27)20-15)16(24)28-8-13(22)18-6-7-21-14(23)9-29-17(21)25/h2-5,10H,6-9H2,1H3,(H,18,22)(H,19,20)/t10-/m0/s1. The number of sulfonamides is 1. The Morgan fingerprint density at radius 3 is 2.77 bits per heavy atom. The number of ether oxygens (including phenoxy) is 1. The highest BCUT2D eigenvalue weighted by molar-refractivity contribution is 8.14. The van der Waals surface area contributed by atoms with Gasteiger partial charge in [0.25, 0.3) is 21.2 Å². The molecular formula is C17H18N4O7S2.